The van der Waals surface area contributed by atoms with Crippen LogP contribution in [0.5, 0.6) is 0 Å². The standard InChI is InChI=1S/C20H22N2/c1-12(2)19-17-10-14(4)15(5)11-18(17)21-20(22-19)16-8-6-13(3)7-9-16/h6-12H,1-5H3. The largest absolute Gasteiger partial charge is 0.232 e. The number of rotatable bonds is 2. The van der Waals surface area contributed by atoms with Gasteiger partial charge in [0.2, 0.25) is 0 Å². The lowest BCUT2D eigenvalue weighted by atomic mass is 10.00. The Morgan fingerprint density at radius 2 is 1.45 bits per heavy atom. The lowest BCUT2D eigenvalue weighted by Crippen LogP contribution is -2.01. The van der Waals surface area contributed by atoms with Gasteiger partial charge in [0.15, 0.2) is 5.82 Å². The smallest absolute Gasteiger partial charge is 0.160 e. The molecule has 1 heterocycles. The monoisotopic (exact) mass is 290 g/mol. The minimum absolute atomic E-state index is 0.372. The van der Waals surface area contributed by atoms with E-state index in [-0.39, 0.29) is 0 Å². The van der Waals surface area contributed by atoms with Crippen molar-refractivity contribution in [1.29, 1.82) is 0 Å². The highest BCUT2D eigenvalue weighted by atomic mass is 14.9. The molecule has 3 rings (SSSR count). The number of hydrogen-bond acceptors (Lipinski definition) is 2. The van der Waals surface area contributed by atoms with Crippen molar-refractivity contribution in [3.05, 3.63) is 58.8 Å². The number of nitrogens with zero attached hydrogens (tertiary/aromatic N) is 2. The second-order valence-electron chi connectivity index (χ2n) is 6.41. The third-order valence-electron chi connectivity index (χ3n) is 4.20. The van der Waals surface area contributed by atoms with E-state index < -0.39 is 0 Å². The number of aryl methyl sites for hydroxylation is 3. The van der Waals surface area contributed by atoms with Gasteiger partial charge in [0, 0.05) is 10.9 Å². The number of aromatic nitrogens is 2. The Kier molecular flexibility index (Phi) is 3.69. The molecular formula is C20H22N2. The van der Waals surface area contributed by atoms with Crippen molar-refractivity contribution in [3.63, 3.8) is 0 Å². The molecule has 0 aliphatic heterocycles. The molecule has 0 saturated carbocycles. The Morgan fingerprint density at radius 3 is 2.09 bits per heavy atom. The van der Waals surface area contributed by atoms with Gasteiger partial charge in [-0.2, -0.15) is 0 Å². The molecule has 0 unspecified atom stereocenters. The van der Waals surface area contributed by atoms with Crippen molar-refractivity contribution in [2.75, 3.05) is 0 Å². The van der Waals surface area contributed by atoms with Crippen LogP contribution in [0.25, 0.3) is 22.3 Å². The Morgan fingerprint density at radius 1 is 0.818 bits per heavy atom. The molecule has 3 aromatic rings. The van der Waals surface area contributed by atoms with Crippen LogP contribution in [0.1, 0.15) is 42.1 Å². The maximum absolute atomic E-state index is 4.86. The molecule has 22 heavy (non-hydrogen) atoms. The minimum Gasteiger partial charge on any atom is -0.232 e. The maximum Gasteiger partial charge on any atom is 0.160 e. The Bertz CT molecular complexity index is 830. The predicted molar refractivity (Wildman–Crippen MR) is 93.3 cm³/mol. The summed E-state index contributed by atoms with van der Waals surface area (Å²) in [5, 5.41) is 1.17. The first-order valence-electron chi connectivity index (χ1n) is 7.81. The molecule has 0 bridgehead atoms. The molecule has 2 aromatic carbocycles. The van der Waals surface area contributed by atoms with Gasteiger partial charge in [-0.15, -0.1) is 0 Å². The fourth-order valence-electron chi connectivity index (χ4n) is 2.68. The molecule has 2 heteroatoms. The molecule has 0 radical (unpaired) electrons. The van der Waals surface area contributed by atoms with Crippen LogP contribution in [0.4, 0.5) is 0 Å². The predicted octanol–water partition coefficient (Wildman–Crippen LogP) is 5.35. The number of benzene rings is 2. The molecule has 0 aliphatic carbocycles. The average Bonchev–Trinajstić information content (AvgIpc) is 2.48. The molecule has 0 spiro atoms. The fourth-order valence-corrected chi connectivity index (χ4v) is 2.68. The van der Waals surface area contributed by atoms with E-state index in [1.165, 1.54) is 22.1 Å². The van der Waals surface area contributed by atoms with Crippen LogP contribution in [-0.2, 0) is 0 Å². The van der Waals surface area contributed by atoms with Crippen molar-refractivity contribution < 1.29 is 0 Å². The average molecular weight is 290 g/mol. The van der Waals surface area contributed by atoms with Crippen molar-refractivity contribution in [1.82, 2.24) is 9.97 Å². The van der Waals surface area contributed by atoms with Gasteiger partial charge in [0.1, 0.15) is 0 Å². The molecule has 0 aliphatic rings. The van der Waals surface area contributed by atoms with Gasteiger partial charge in [0.25, 0.3) is 0 Å². The van der Waals surface area contributed by atoms with Gasteiger partial charge in [-0.3, -0.25) is 0 Å². The van der Waals surface area contributed by atoms with E-state index in [0.29, 0.717) is 5.92 Å². The third-order valence-corrected chi connectivity index (χ3v) is 4.20. The quantitative estimate of drug-likeness (QED) is 0.636. The zero-order valence-corrected chi connectivity index (χ0v) is 13.9. The molecule has 0 saturated heterocycles. The van der Waals surface area contributed by atoms with Crippen LogP contribution in [0.3, 0.4) is 0 Å². The zero-order chi connectivity index (χ0) is 15.9. The molecule has 0 N–H and O–H groups in total. The first-order valence-corrected chi connectivity index (χ1v) is 7.81. The summed E-state index contributed by atoms with van der Waals surface area (Å²) >= 11 is 0. The van der Waals surface area contributed by atoms with Crippen LogP contribution in [-0.4, -0.2) is 9.97 Å². The van der Waals surface area contributed by atoms with Crippen LogP contribution >= 0.6 is 0 Å². The van der Waals surface area contributed by atoms with Crippen molar-refractivity contribution in [2.24, 2.45) is 0 Å². The van der Waals surface area contributed by atoms with Crippen LogP contribution < -0.4 is 0 Å². The molecule has 112 valence electrons. The summed E-state index contributed by atoms with van der Waals surface area (Å²) in [7, 11) is 0. The SMILES string of the molecule is Cc1ccc(-c2nc(C(C)C)c3cc(C)c(C)cc3n2)cc1. The van der Waals surface area contributed by atoms with E-state index in [9.17, 15) is 0 Å². The van der Waals surface area contributed by atoms with Crippen LogP contribution in [0.15, 0.2) is 36.4 Å². The summed E-state index contributed by atoms with van der Waals surface area (Å²) in [6.45, 7) is 10.8. The summed E-state index contributed by atoms with van der Waals surface area (Å²) in [5.41, 5.74) is 7.06. The summed E-state index contributed by atoms with van der Waals surface area (Å²) in [5.74, 6) is 1.19. The van der Waals surface area contributed by atoms with Gasteiger partial charge < -0.3 is 0 Å². The number of fused-ring (bicyclic) bond motifs is 1. The van der Waals surface area contributed by atoms with Crippen LogP contribution in [0.2, 0.25) is 0 Å². The van der Waals surface area contributed by atoms with E-state index >= 15 is 0 Å². The summed E-state index contributed by atoms with van der Waals surface area (Å²) in [6.07, 6.45) is 0. The Balaban J connectivity index is 2.28. The first kappa shape index (κ1) is 14.7. The second-order valence-corrected chi connectivity index (χ2v) is 6.41. The van der Waals surface area contributed by atoms with Gasteiger partial charge in [-0.25, -0.2) is 9.97 Å². The van der Waals surface area contributed by atoms with Gasteiger partial charge in [-0.1, -0.05) is 43.7 Å². The molecule has 1 aromatic heterocycles. The highest BCUT2D eigenvalue weighted by molar-refractivity contribution is 5.84. The maximum atomic E-state index is 4.86. The van der Waals surface area contributed by atoms with E-state index in [1.54, 1.807) is 0 Å². The highest BCUT2D eigenvalue weighted by Gasteiger charge is 2.13. The van der Waals surface area contributed by atoms with Gasteiger partial charge in [-0.05, 0) is 49.9 Å². The third kappa shape index (κ3) is 2.61. The van der Waals surface area contributed by atoms with Crippen molar-refractivity contribution in [2.45, 2.75) is 40.5 Å². The fraction of sp³-hybridized carbons (Fsp3) is 0.300. The molecule has 2 nitrogen and oxygen atoms in total. The van der Waals surface area contributed by atoms with Crippen molar-refractivity contribution >= 4 is 10.9 Å². The van der Waals surface area contributed by atoms with E-state index in [0.717, 1.165) is 22.6 Å². The molecule has 0 fully saturated rings. The normalized spacial score (nSPS) is 11.4. The second kappa shape index (κ2) is 5.53. The minimum atomic E-state index is 0.372. The zero-order valence-electron chi connectivity index (χ0n) is 13.9. The number of hydrogen-bond donors (Lipinski definition) is 0. The first-order chi connectivity index (χ1) is 10.5. The Hall–Kier alpha value is -2.22. The molecule has 0 atom stereocenters. The molecular weight excluding hydrogens is 268 g/mol. The summed E-state index contributed by atoms with van der Waals surface area (Å²) in [4.78, 5) is 9.67. The lowest BCUT2D eigenvalue weighted by molar-refractivity contribution is 0.830. The Labute approximate surface area is 132 Å². The van der Waals surface area contributed by atoms with Crippen LogP contribution in [0, 0.1) is 20.8 Å². The van der Waals surface area contributed by atoms with Gasteiger partial charge in [0.05, 0.1) is 11.2 Å². The van der Waals surface area contributed by atoms with Crippen molar-refractivity contribution in [3.8, 4) is 11.4 Å². The van der Waals surface area contributed by atoms with E-state index in [4.69, 9.17) is 9.97 Å². The topological polar surface area (TPSA) is 25.8 Å². The van der Waals surface area contributed by atoms with E-state index in [2.05, 4.69) is 71.0 Å². The lowest BCUT2D eigenvalue weighted by Gasteiger charge is -2.13. The van der Waals surface area contributed by atoms with Gasteiger partial charge >= 0.3 is 0 Å². The molecule has 0 amide bonds. The summed E-state index contributed by atoms with van der Waals surface area (Å²) < 4.78 is 0. The highest BCUT2D eigenvalue weighted by Crippen LogP contribution is 2.28. The summed E-state index contributed by atoms with van der Waals surface area (Å²) in [6, 6.07) is 12.8. The van der Waals surface area contributed by atoms with E-state index in [1.807, 2.05) is 0 Å².